The number of tetrazole rings is 1. The van der Waals surface area contributed by atoms with Crippen LogP contribution >= 0.6 is 0 Å². The average molecular weight is 536 g/mol. The van der Waals surface area contributed by atoms with E-state index in [1.165, 1.54) is 5.01 Å². The van der Waals surface area contributed by atoms with Gasteiger partial charge < -0.3 is 9.47 Å². The number of rotatable bonds is 9. The Morgan fingerprint density at radius 3 is 2.67 bits per heavy atom. The summed E-state index contributed by atoms with van der Waals surface area (Å²) in [6.45, 7) is 0.916. The smallest absolute Gasteiger partial charge is 0.273 e. The second-order valence-corrected chi connectivity index (χ2v) is 8.72. The minimum Gasteiger partial charge on any atom is -0.493 e. The molecule has 0 unspecified atom stereocenters. The molecule has 12 nitrogen and oxygen atoms in total. The molecule has 1 aliphatic rings. The summed E-state index contributed by atoms with van der Waals surface area (Å²) in [6, 6.07) is 24.2. The van der Waals surface area contributed by atoms with Crippen LogP contribution in [-0.4, -0.2) is 56.6 Å². The molecular weight excluding hydrogens is 510 g/mol. The van der Waals surface area contributed by atoms with E-state index in [0.717, 1.165) is 29.7 Å². The number of aromatic nitrogens is 4. The molecule has 40 heavy (non-hydrogen) atoms. The normalized spacial score (nSPS) is 13.2. The van der Waals surface area contributed by atoms with Crippen molar-refractivity contribution in [1.29, 1.82) is 5.26 Å². The third-order valence-corrected chi connectivity index (χ3v) is 6.09. The summed E-state index contributed by atoms with van der Waals surface area (Å²) in [5, 5.41) is 32.6. The number of H-pyrrole nitrogens is 1. The van der Waals surface area contributed by atoms with E-state index >= 15 is 0 Å². The van der Waals surface area contributed by atoms with Gasteiger partial charge in [-0.25, -0.2) is 5.01 Å². The van der Waals surface area contributed by atoms with Crippen LogP contribution < -0.4 is 14.9 Å². The highest BCUT2D eigenvalue weighted by molar-refractivity contribution is 6.09. The SMILES string of the molecule is COc1ccc(C2=NN(C(=O)c3ccc(N/N=C(/C#N)c4nn[nH]n4)cc3)CCC2)cc1OCc1ccccc1. The van der Waals surface area contributed by atoms with E-state index in [-0.39, 0.29) is 17.4 Å². The summed E-state index contributed by atoms with van der Waals surface area (Å²) in [4.78, 5) is 13.2. The Balaban J connectivity index is 1.28. The van der Waals surface area contributed by atoms with Crippen LogP contribution in [0.1, 0.15) is 40.2 Å². The number of benzene rings is 3. The first-order chi connectivity index (χ1) is 19.6. The van der Waals surface area contributed by atoms with Gasteiger partial charge in [0.15, 0.2) is 11.5 Å². The average Bonchev–Trinajstić information content (AvgIpc) is 3.56. The number of nitriles is 1. The molecule has 4 aromatic rings. The third-order valence-electron chi connectivity index (χ3n) is 6.09. The van der Waals surface area contributed by atoms with Crippen molar-refractivity contribution < 1.29 is 14.3 Å². The molecular formula is C28H25N9O3. The molecule has 5 rings (SSSR count). The standard InChI is InChI=1S/C28H25N9O3/c1-39-25-14-11-21(16-26(25)40-18-19-6-3-2-4-7-19)23-8-5-15-37(34-23)28(38)20-9-12-22(13-10-20)30-31-24(17-29)27-32-35-36-33-27/h2-4,6-7,9-14,16,30H,5,8,15,18H2,1H3,(H,32,33,35,36)/b31-24-. The molecule has 1 aliphatic heterocycles. The lowest BCUT2D eigenvalue weighted by molar-refractivity contribution is 0.0751. The van der Waals surface area contributed by atoms with Gasteiger partial charge in [-0.15, -0.1) is 10.2 Å². The van der Waals surface area contributed by atoms with Gasteiger partial charge in [-0.05, 0) is 66.1 Å². The van der Waals surface area contributed by atoms with Crippen molar-refractivity contribution in [1.82, 2.24) is 25.6 Å². The Kier molecular flexibility index (Phi) is 8.02. The number of aromatic amines is 1. The van der Waals surface area contributed by atoms with Gasteiger partial charge >= 0.3 is 0 Å². The first-order valence-electron chi connectivity index (χ1n) is 12.5. The van der Waals surface area contributed by atoms with Crippen molar-refractivity contribution >= 4 is 23.0 Å². The van der Waals surface area contributed by atoms with Crippen LogP contribution in [0.3, 0.4) is 0 Å². The molecule has 0 aliphatic carbocycles. The summed E-state index contributed by atoms with van der Waals surface area (Å²) in [6.07, 6.45) is 1.51. The molecule has 1 amide bonds. The zero-order chi connectivity index (χ0) is 27.7. The van der Waals surface area contributed by atoms with Crippen molar-refractivity contribution in [3.05, 3.63) is 95.3 Å². The summed E-state index contributed by atoms with van der Waals surface area (Å²) in [5.41, 5.74) is 6.50. The number of hydrogen-bond acceptors (Lipinski definition) is 10. The van der Waals surface area contributed by atoms with E-state index in [4.69, 9.17) is 9.47 Å². The molecule has 0 bridgehead atoms. The predicted molar refractivity (Wildman–Crippen MR) is 147 cm³/mol. The van der Waals surface area contributed by atoms with Gasteiger partial charge in [0.1, 0.15) is 12.7 Å². The fourth-order valence-corrected chi connectivity index (χ4v) is 4.04. The number of carbonyl (C=O) groups excluding carboxylic acids is 1. The number of hydrazone groups is 2. The van der Waals surface area contributed by atoms with Crippen molar-refractivity contribution in [2.45, 2.75) is 19.4 Å². The Labute approximate surface area is 229 Å². The van der Waals surface area contributed by atoms with Crippen LogP contribution in [0.15, 0.2) is 83.0 Å². The van der Waals surface area contributed by atoms with E-state index < -0.39 is 0 Å². The molecule has 0 spiro atoms. The number of methoxy groups -OCH3 is 1. The van der Waals surface area contributed by atoms with Crippen LogP contribution in [-0.2, 0) is 6.61 Å². The van der Waals surface area contributed by atoms with Gasteiger partial charge in [0.05, 0.1) is 18.5 Å². The summed E-state index contributed by atoms with van der Waals surface area (Å²) in [5.74, 6) is 1.10. The van der Waals surface area contributed by atoms with Crippen LogP contribution in [0.5, 0.6) is 11.5 Å². The molecule has 12 heteroatoms. The largest absolute Gasteiger partial charge is 0.493 e. The molecule has 2 N–H and O–H groups in total. The van der Waals surface area contributed by atoms with E-state index in [1.807, 2.05) is 54.6 Å². The number of ether oxygens (including phenoxy) is 2. The van der Waals surface area contributed by atoms with E-state index in [1.54, 1.807) is 31.4 Å². The minimum atomic E-state index is -0.217. The van der Waals surface area contributed by atoms with Crippen LogP contribution in [0, 0.1) is 11.3 Å². The van der Waals surface area contributed by atoms with Crippen LogP contribution in [0.2, 0.25) is 0 Å². The quantitative estimate of drug-likeness (QED) is 0.243. The van der Waals surface area contributed by atoms with Crippen LogP contribution in [0.25, 0.3) is 0 Å². The fourth-order valence-electron chi connectivity index (χ4n) is 4.04. The highest BCUT2D eigenvalue weighted by atomic mass is 16.5. The Hall–Kier alpha value is -5.57. The predicted octanol–water partition coefficient (Wildman–Crippen LogP) is 3.77. The molecule has 0 fully saturated rings. The number of amides is 1. The zero-order valence-electron chi connectivity index (χ0n) is 21.6. The van der Waals surface area contributed by atoms with Gasteiger partial charge in [0.2, 0.25) is 11.5 Å². The van der Waals surface area contributed by atoms with Crippen molar-refractivity contribution in [2.75, 3.05) is 19.1 Å². The number of nitrogens with zero attached hydrogens (tertiary/aromatic N) is 7. The Bertz CT molecular complexity index is 1560. The van der Waals surface area contributed by atoms with E-state index in [2.05, 4.69) is 36.3 Å². The van der Waals surface area contributed by atoms with Crippen molar-refractivity contribution in [3.8, 4) is 17.6 Å². The molecule has 1 aromatic heterocycles. The minimum absolute atomic E-state index is 0.0313. The summed E-state index contributed by atoms with van der Waals surface area (Å²) >= 11 is 0. The lowest BCUT2D eigenvalue weighted by Crippen LogP contribution is -2.32. The molecule has 3 aromatic carbocycles. The molecule has 2 heterocycles. The second-order valence-electron chi connectivity index (χ2n) is 8.72. The second kappa shape index (κ2) is 12.3. The zero-order valence-corrected chi connectivity index (χ0v) is 21.6. The third kappa shape index (κ3) is 6.11. The lowest BCUT2D eigenvalue weighted by atomic mass is 10.0. The lowest BCUT2D eigenvalue weighted by Gasteiger charge is -2.24. The highest BCUT2D eigenvalue weighted by Gasteiger charge is 2.21. The number of nitrogens with one attached hydrogen (secondary N) is 2. The van der Waals surface area contributed by atoms with E-state index in [0.29, 0.717) is 35.9 Å². The molecule has 0 atom stereocenters. The van der Waals surface area contributed by atoms with Gasteiger partial charge in [-0.3, -0.25) is 10.2 Å². The first kappa shape index (κ1) is 26.1. The Morgan fingerprint density at radius 1 is 1.12 bits per heavy atom. The number of anilines is 1. The monoisotopic (exact) mass is 535 g/mol. The Morgan fingerprint density at radius 2 is 1.95 bits per heavy atom. The maximum absolute atomic E-state index is 13.2. The van der Waals surface area contributed by atoms with Gasteiger partial charge in [-0.1, -0.05) is 30.3 Å². The highest BCUT2D eigenvalue weighted by Crippen LogP contribution is 2.30. The molecule has 200 valence electrons. The molecule has 0 radical (unpaired) electrons. The fraction of sp³-hybridized carbons (Fsp3) is 0.179. The van der Waals surface area contributed by atoms with Gasteiger partial charge in [0.25, 0.3) is 5.91 Å². The first-order valence-corrected chi connectivity index (χ1v) is 12.5. The maximum Gasteiger partial charge on any atom is 0.273 e. The summed E-state index contributed by atoms with van der Waals surface area (Å²) < 4.78 is 11.5. The topological polar surface area (TPSA) is 154 Å². The summed E-state index contributed by atoms with van der Waals surface area (Å²) in [7, 11) is 1.60. The van der Waals surface area contributed by atoms with Gasteiger partial charge in [0, 0.05) is 17.7 Å². The maximum atomic E-state index is 13.2. The number of carbonyl (C=O) groups is 1. The van der Waals surface area contributed by atoms with Crippen molar-refractivity contribution in [3.63, 3.8) is 0 Å². The van der Waals surface area contributed by atoms with Gasteiger partial charge in [-0.2, -0.15) is 20.7 Å². The van der Waals surface area contributed by atoms with E-state index in [9.17, 15) is 10.1 Å². The van der Waals surface area contributed by atoms with Crippen LogP contribution in [0.4, 0.5) is 5.69 Å². The molecule has 0 saturated heterocycles. The van der Waals surface area contributed by atoms with Crippen molar-refractivity contribution in [2.24, 2.45) is 10.2 Å². The molecule has 0 saturated carbocycles. The number of hydrogen-bond donors (Lipinski definition) is 2.